The third-order valence-electron chi connectivity index (χ3n) is 16.4. The highest BCUT2D eigenvalue weighted by Gasteiger charge is 2.51. The molecule has 3 aliphatic heterocycles. The highest BCUT2D eigenvalue weighted by molar-refractivity contribution is 6.06. The number of hydrogen-bond acceptors (Lipinski definition) is 9. The van der Waals surface area contributed by atoms with Crippen molar-refractivity contribution in [3.8, 4) is 22.4 Å². The molecule has 15 heteroatoms. The predicted octanol–water partition coefficient (Wildman–Crippen LogP) is 10.4. The Labute approximate surface area is 424 Å². The molecule has 0 radical (unpaired) electrons. The fraction of sp³-hybridized carbons (Fsp3) is 0.414. The topological polar surface area (TPSA) is 184 Å². The van der Waals surface area contributed by atoms with E-state index in [4.69, 9.17) is 24.2 Å². The van der Waals surface area contributed by atoms with Gasteiger partial charge in [-0.1, -0.05) is 73.7 Å². The van der Waals surface area contributed by atoms with Gasteiger partial charge < -0.3 is 44.6 Å². The number of alkyl carbamates (subject to hydrolysis) is 2. The second kappa shape index (κ2) is 20.3. The number of rotatable bonds is 13. The number of piperidine rings is 1. The zero-order valence-corrected chi connectivity index (χ0v) is 41.8. The number of carbonyl (C=O) groups is 4. The van der Waals surface area contributed by atoms with Crippen molar-refractivity contribution in [3.05, 3.63) is 121 Å². The number of benzene rings is 4. The number of nitrogens with zero attached hydrogens (tertiary/aromatic N) is 4. The fourth-order valence-corrected chi connectivity index (χ4v) is 12.3. The number of aromatic amines is 2. The number of H-pyrrole nitrogens is 2. The molecule has 0 unspecified atom stereocenters. The summed E-state index contributed by atoms with van der Waals surface area (Å²) in [5.74, 6) is 1.81. The minimum absolute atomic E-state index is 0.0345. The normalized spacial score (nSPS) is 22.3. The van der Waals surface area contributed by atoms with Crippen LogP contribution in [0.25, 0.3) is 55.0 Å². The maximum Gasteiger partial charge on any atom is 0.407 e. The quantitative estimate of drug-likeness (QED) is 0.0818. The molecule has 5 aliphatic rings. The van der Waals surface area contributed by atoms with E-state index in [1.54, 1.807) is 0 Å². The van der Waals surface area contributed by atoms with E-state index in [1.807, 2.05) is 35.1 Å². The Morgan fingerprint density at radius 1 is 0.795 bits per heavy atom. The highest BCUT2D eigenvalue weighted by atomic mass is 16.5. The van der Waals surface area contributed by atoms with Gasteiger partial charge in [-0.3, -0.25) is 9.59 Å². The van der Waals surface area contributed by atoms with Gasteiger partial charge in [-0.2, -0.15) is 0 Å². The van der Waals surface area contributed by atoms with Crippen molar-refractivity contribution in [1.29, 1.82) is 0 Å². The molecular weight excluding hydrogens is 921 g/mol. The Hall–Kier alpha value is -7.26. The van der Waals surface area contributed by atoms with Crippen LogP contribution in [-0.4, -0.2) is 106 Å². The Morgan fingerprint density at radius 3 is 2.25 bits per heavy atom. The lowest BCUT2D eigenvalue weighted by atomic mass is 9.78. The maximum atomic E-state index is 14.8. The van der Waals surface area contributed by atoms with Crippen LogP contribution in [0.5, 0.6) is 0 Å². The molecule has 11 rings (SSSR count). The summed E-state index contributed by atoms with van der Waals surface area (Å²) in [7, 11) is 2.62. The number of hydrogen-bond donors (Lipinski definition) is 4. The molecule has 2 saturated carbocycles. The van der Waals surface area contributed by atoms with Crippen molar-refractivity contribution >= 4 is 56.6 Å². The molecule has 4 N–H and O–H groups in total. The monoisotopic (exact) mass is 984 g/mol. The largest absolute Gasteiger partial charge is 0.453 e. The van der Waals surface area contributed by atoms with Gasteiger partial charge in [-0.05, 0) is 145 Å². The van der Waals surface area contributed by atoms with Gasteiger partial charge in [0.15, 0.2) is 0 Å². The molecule has 378 valence electrons. The highest BCUT2D eigenvalue weighted by Crippen LogP contribution is 2.51. The molecule has 4 amide bonds. The first-order chi connectivity index (χ1) is 35.6. The second-order valence-corrected chi connectivity index (χ2v) is 20.6. The number of likely N-dealkylation sites (tertiary alicyclic amines) is 2. The molecule has 0 spiro atoms. The Bertz CT molecular complexity index is 3180. The van der Waals surface area contributed by atoms with Crippen molar-refractivity contribution in [3.63, 3.8) is 0 Å². The third kappa shape index (κ3) is 9.28. The lowest BCUT2D eigenvalue weighted by Crippen LogP contribution is -2.53. The predicted molar refractivity (Wildman–Crippen MR) is 280 cm³/mol. The van der Waals surface area contributed by atoms with Crippen molar-refractivity contribution in [2.45, 2.75) is 101 Å². The zero-order valence-electron chi connectivity index (χ0n) is 41.8. The summed E-state index contributed by atoms with van der Waals surface area (Å²) in [5, 5.41) is 9.93. The molecule has 5 heterocycles. The van der Waals surface area contributed by atoms with E-state index in [-0.39, 0.29) is 41.8 Å². The molecule has 2 aliphatic carbocycles. The first-order valence-electron chi connectivity index (χ1n) is 26.0. The molecule has 2 bridgehead atoms. The van der Waals surface area contributed by atoms with E-state index >= 15 is 0 Å². The van der Waals surface area contributed by atoms with Crippen LogP contribution in [0.3, 0.4) is 0 Å². The van der Waals surface area contributed by atoms with Crippen LogP contribution in [0.1, 0.15) is 94.9 Å². The molecule has 6 aromatic rings. The number of amides is 4. The summed E-state index contributed by atoms with van der Waals surface area (Å²) in [5.41, 5.74) is 7.47. The average Bonchev–Trinajstić information content (AvgIpc) is 4.27. The van der Waals surface area contributed by atoms with Gasteiger partial charge in [0, 0.05) is 36.8 Å². The van der Waals surface area contributed by atoms with Gasteiger partial charge in [0.25, 0.3) is 5.91 Å². The summed E-state index contributed by atoms with van der Waals surface area (Å²) in [6.07, 6.45) is 15.8. The van der Waals surface area contributed by atoms with Gasteiger partial charge in [0.1, 0.15) is 23.7 Å². The van der Waals surface area contributed by atoms with E-state index < -0.39 is 24.3 Å². The van der Waals surface area contributed by atoms with Gasteiger partial charge in [-0.25, -0.2) is 19.6 Å². The lowest BCUT2D eigenvalue weighted by molar-refractivity contribution is -0.137. The number of imidazole rings is 2. The molecule has 15 nitrogen and oxygen atoms in total. The molecule has 5 fully saturated rings. The van der Waals surface area contributed by atoms with Gasteiger partial charge in [0.05, 0.1) is 49.2 Å². The summed E-state index contributed by atoms with van der Waals surface area (Å²) < 4.78 is 15.5. The first-order valence-corrected chi connectivity index (χ1v) is 26.0. The summed E-state index contributed by atoms with van der Waals surface area (Å²) in [6, 6.07) is 21.5. The van der Waals surface area contributed by atoms with Gasteiger partial charge >= 0.3 is 12.2 Å². The summed E-state index contributed by atoms with van der Waals surface area (Å²) in [6.45, 7) is 8.04. The second-order valence-electron chi connectivity index (χ2n) is 20.6. The van der Waals surface area contributed by atoms with Crippen molar-refractivity contribution < 1.29 is 33.4 Å². The molecule has 4 aromatic carbocycles. The van der Waals surface area contributed by atoms with Crippen LogP contribution in [0, 0.1) is 17.8 Å². The maximum absolute atomic E-state index is 14.8. The molecule has 73 heavy (non-hydrogen) atoms. The summed E-state index contributed by atoms with van der Waals surface area (Å²) >= 11 is 0. The zero-order chi connectivity index (χ0) is 50.3. The molecular formula is C58H64N8O7. The number of nitrogens with one attached hydrogen (secondary N) is 4. The van der Waals surface area contributed by atoms with Crippen LogP contribution < -0.4 is 10.6 Å². The van der Waals surface area contributed by atoms with Crippen LogP contribution in [0.15, 0.2) is 109 Å². The van der Waals surface area contributed by atoms with Crippen molar-refractivity contribution in [1.82, 2.24) is 40.4 Å². The molecule has 6 atom stereocenters. The fourth-order valence-electron chi connectivity index (χ4n) is 12.3. The van der Waals surface area contributed by atoms with Crippen LogP contribution >= 0.6 is 0 Å². The Kier molecular flexibility index (Phi) is 13.4. The minimum atomic E-state index is -0.977. The average molecular weight is 985 g/mol. The Morgan fingerprint density at radius 2 is 1.51 bits per heavy atom. The van der Waals surface area contributed by atoms with Crippen molar-refractivity contribution in [2.24, 2.45) is 17.8 Å². The van der Waals surface area contributed by atoms with E-state index in [0.717, 1.165) is 117 Å². The number of allylic oxidation sites excluding steroid dienone is 3. The standard InChI is InChI=1S/C58H64N8O7/c1-5-8-36(34-9-6-10-34)27-33(2)49(63-57(69)71-3)56(68)66-44-19-16-43(31-44)52(66)54-60-46-21-18-41-29-40(17-20-45(41)51(46)62-54)37-12-13-39-30-42(15-14-38(39)28-37)47-32-59-53(61-47)48-11-7-24-65(48)55(67)50(64-58(70)72-4)35-22-25-73-26-23-35/h5,8,12-15,17-18,20-21,27-30,32,34-35,43-44,48-50,52H,2,6-7,9-11,16,19,22-26,31H2,1,3-4H3,(H,59,61)(H,60,62)(H,63,69)(H,64,70)/b8-5-,36-27+/t43-,44+,48-,49+,50-,52-/m0/s1. The smallest absolute Gasteiger partial charge is 0.407 e. The number of aromatic nitrogens is 4. The number of carbonyl (C=O) groups excluding carboxylic acids is 4. The van der Waals surface area contributed by atoms with Gasteiger partial charge in [0.2, 0.25) is 5.91 Å². The molecule has 2 aromatic heterocycles. The number of fused-ring (bicyclic) bond motifs is 6. The number of methoxy groups -OCH3 is 2. The van der Waals surface area contributed by atoms with E-state index in [1.165, 1.54) is 20.6 Å². The van der Waals surface area contributed by atoms with E-state index in [0.29, 0.717) is 44.1 Å². The summed E-state index contributed by atoms with van der Waals surface area (Å²) in [4.78, 5) is 75.1. The minimum Gasteiger partial charge on any atom is -0.453 e. The van der Waals surface area contributed by atoms with Gasteiger partial charge in [-0.15, -0.1) is 0 Å². The first kappa shape index (κ1) is 48.0. The SMILES string of the molecule is C=C(/C=C(\C=C/C)C1CCC1)[C@@H](NC(=O)OC)C(=O)N1[C@@H]2CC[C@@H](C2)[C@H]1c1nc2c(ccc3cc(-c4ccc5cc(-c6cnc([C@@H]7CCCN7C(=O)[C@@H](NC(=O)OC)C7CCOCC7)[nH]6)ccc5c4)ccc32)[nH]1. The van der Waals surface area contributed by atoms with E-state index in [9.17, 15) is 19.2 Å². The van der Waals surface area contributed by atoms with Crippen LogP contribution in [0.4, 0.5) is 9.59 Å². The Balaban J connectivity index is 0.816. The molecule has 3 saturated heterocycles. The number of ether oxygens (including phenoxy) is 3. The van der Waals surface area contributed by atoms with Crippen LogP contribution in [0.2, 0.25) is 0 Å². The lowest BCUT2D eigenvalue weighted by Gasteiger charge is -2.37. The van der Waals surface area contributed by atoms with E-state index in [2.05, 4.69) is 100.0 Å². The van der Waals surface area contributed by atoms with Crippen LogP contribution in [-0.2, 0) is 23.8 Å². The third-order valence-corrected chi connectivity index (χ3v) is 16.4. The van der Waals surface area contributed by atoms with Crippen molar-refractivity contribution in [2.75, 3.05) is 34.0 Å².